The van der Waals surface area contributed by atoms with Crippen molar-refractivity contribution < 1.29 is 18.3 Å². The first-order valence-corrected chi connectivity index (χ1v) is 7.25. The monoisotopic (exact) mass is 311 g/mol. The number of aryl methyl sites for hydroxylation is 1. The molecule has 1 aromatic heterocycles. The van der Waals surface area contributed by atoms with Crippen LogP contribution in [0.5, 0.6) is 0 Å². The maximum atomic E-state index is 13.7. The third kappa shape index (κ3) is 3.58. The molecular formula is C15H15F2NO2S. The Labute approximate surface area is 125 Å². The van der Waals surface area contributed by atoms with E-state index in [1.165, 1.54) is 4.88 Å². The van der Waals surface area contributed by atoms with Crippen molar-refractivity contribution in [2.24, 2.45) is 0 Å². The standard InChI is InChI=1S/C15H15F2NO2S/c1-3-9-4-5-10(21-9)8-18-14-6-11(15(19)20-2)12(16)7-13(14)17/h4-7,18H,3,8H2,1-2H3. The van der Waals surface area contributed by atoms with E-state index < -0.39 is 17.6 Å². The number of carbonyl (C=O) groups excluding carboxylic acids is 1. The van der Waals surface area contributed by atoms with Crippen molar-refractivity contribution in [1.82, 2.24) is 0 Å². The number of halogens is 2. The van der Waals surface area contributed by atoms with Crippen LogP contribution in [0.25, 0.3) is 0 Å². The Balaban J connectivity index is 2.17. The summed E-state index contributed by atoms with van der Waals surface area (Å²) < 4.78 is 31.7. The molecule has 1 aromatic carbocycles. The zero-order valence-electron chi connectivity index (χ0n) is 11.7. The van der Waals surface area contributed by atoms with Crippen molar-refractivity contribution in [3.05, 3.63) is 51.2 Å². The highest BCUT2D eigenvalue weighted by molar-refractivity contribution is 7.12. The van der Waals surface area contributed by atoms with E-state index in [9.17, 15) is 13.6 Å². The first-order chi connectivity index (χ1) is 10.0. The predicted molar refractivity (Wildman–Crippen MR) is 78.7 cm³/mol. The van der Waals surface area contributed by atoms with E-state index in [1.807, 2.05) is 12.1 Å². The molecule has 0 amide bonds. The lowest BCUT2D eigenvalue weighted by atomic mass is 10.1. The number of anilines is 1. The quantitative estimate of drug-likeness (QED) is 0.849. The topological polar surface area (TPSA) is 38.3 Å². The number of methoxy groups -OCH3 is 1. The molecule has 0 atom stereocenters. The molecule has 6 heteroatoms. The number of esters is 1. The number of nitrogens with one attached hydrogen (secondary N) is 1. The number of hydrogen-bond acceptors (Lipinski definition) is 4. The molecule has 0 spiro atoms. The first-order valence-electron chi connectivity index (χ1n) is 6.44. The fourth-order valence-electron chi connectivity index (χ4n) is 1.84. The third-order valence-corrected chi connectivity index (χ3v) is 4.21. The van der Waals surface area contributed by atoms with Gasteiger partial charge in [-0.2, -0.15) is 0 Å². The van der Waals surface area contributed by atoms with E-state index in [2.05, 4.69) is 17.0 Å². The van der Waals surface area contributed by atoms with Gasteiger partial charge in [-0.25, -0.2) is 13.6 Å². The van der Waals surface area contributed by atoms with Crippen molar-refractivity contribution in [1.29, 1.82) is 0 Å². The van der Waals surface area contributed by atoms with Crippen LogP contribution in [0.15, 0.2) is 24.3 Å². The minimum atomic E-state index is -0.936. The van der Waals surface area contributed by atoms with Crippen molar-refractivity contribution in [2.45, 2.75) is 19.9 Å². The molecule has 0 aliphatic heterocycles. The molecule has 0 saturated carbocycles. The molecule has 0 unspecified atom stereocenters. The molecule has 21 heavy (non-hydrogen) atoms. The van der Waals surface area contributed by atoms with Crippen LogP contribution >= 0.6 is 11.3 Å². The van der Waals surface area contributed by atoms with E-state index >= 15 is 0 Å². The van der Waals surface area contributed by atoms with Crippen molar-refractivity contribution in [3.63, 3.8) is 0 Å². The Hall–Kier alpha value is -1.95. The van der Waals surface area contributed by atoms with Gasteiger partial charge in [-0.1, -0.05) is 6.92 Å². The van der Waals surface area contributed by atoms with E-state index in [4.69, 9.17) is 0 Å². The summed E-state index contributed by atoms with van der Waals surface area (Å²) in [5.41, 5.74) is -0.218. The smallest absolute Gasteiger partial charge is 0.340 e. The third-order valence-electron chi connectivity index (χ3n) is 2.98. The molecule has 112 valence electrons. The van der Waals surface area contributed by atoms with Gasteiger partial charge in [0.15, 0.2) is 0 Å². The number of hydrogen-bond donors (Lipinski definition) is 1. The Morgan fingerprint density at radius 1 is 1.24 bits per heavy atom. The first kappa shape index (κ1) is 15.4. The summed E-state index contributed by atoms with van der Waals surface area (Å²) in [4.78, 5) is 13.7. The molecule has 0 aliphatic rings. The average molecular weight is 311 g/mol. The average Bonchev–Trinajstić information content (AvgIpc) is 2.93. The van der Waals surface area contributed by atoms with Gasteiger partial charge in [0.1, 0.15) is 11.6 Å². The van der Waals surface area contributed by atoms with Gasteiger partial charge in [-0.15, -0.1) is 11.3 Å². The number of ether oxygens (including phenoxy) is 1. The molecule has 2 rings (SSSR count). The Morgan fingerprint density at radius 3 is 2.57 bits per heavy atom. The van der Waals surface area contributed by atoms with Gasteiger partial charge in [0.25, 0.3) is 0 Å². The molecule has 0 bridgehead atoms. The summed E-state index contributed by atoms with van der Waals surface area (Å²) in [7, 11) is 1.15. The number of carbonyl (C=O) groups is 1. The molecule has 0 aliphatic carbocycles. The van der Waals surface area contributed by atoms with Crippen LogP contribution in [0.1, 0.15) is 27.0 Å². The summed E-state index contributed by atoms with van der Waals surface area (Å²) in [6.45, 7) is 2.47. The molecule has 1 heterocycles. The van der Waals surface area contributed by atoms with Gasteiger partial charge in [0.05, 0.1) is 18.4 Å². The fourth-order valence-corrected chi connectivity index (χ4v) is 2.74. The molecule has 3 nitrogen and oxygen atoms in total. The molecular weight excluding hydrogens is 296 g/mol. The summed E-state index contributed by atoms with van der Waals surface area (Å²) in [6, 6.07) is 5.78. The van der Waals surface area contributed by atoms with E-state index in [1.54, 1.807) is 11.3 Å². The number of rotatable bonds is 5. The summed E-state index contributed by atoms with van der Waals surface area (Å²) >= 11 is 1.63. The predicted octanol–water partition coefficient (Wildman–Crippen LogP) is 3.99. The minimum Gasteiger partial charge on any atom is -0.465 e. The van der Waals surface area contributed by atoms with Crippen LogP contribution < -0.4 is 5.32 Å². The van der Waals surface area contributed by atoms with Crippen molar-refractivity contribution in [3.8, 4) is 0 Å². The van der Waals surface area contributed by atoms with Crippen LogP contribution in [0.3, 0.4) is 0 Å². The highest BCUT2D eigenvalue weighted by atomic mass is 32.1. The van der Waals surface area contributed by atoms with E-state index in [-0.39, 0.29) is 11.3 Å². The summed E-state index contributed by atoms with van der Waals surface area (Å²) in [5.74, 6) is -2.51. The molecule has 0 saturated heterocycles. The van der Waals surface area contributed by atoms with E-state index in [0.29, 0.717) is 12.6 Å². The van der Waals surface area contributed by atoms with E-state index in [0.717, 1.165) is 24.5 Å². The normalized spacial score (nSPS) is 10.5. The SMILES string of the molecule is CCc1ccc(CNc2cc(C(=O)OC)c(F)cc2F)s1. The van der Waals surface area contributed by atoms with Crippen molar-refractivity contribution in [2.75, 3.05) is 12.4 Å². The van der Waals surface area contributed by atoms with Crippen molar-refractivity contribution >= 4 is 23.0 Å². The number of benzene rings is 1. The Morgan fingerprint density at radius 2 is 1.95 bits per heavy atom. The van der Waals surface area contributed by atoms with Crippen LogP contribution in [0.2, 0.25) is 0 Å². The zero-order valence-corrected chi connectivity index (χ0v) is 12.5. The summed E-state index contributed by atoms with van der Waals surface area (Å²) in [5, 5.41) is 2.87. The maximum Gasteiger partial charge on any atom is 0.340 e. The molecule has 0 radical (unpaired) electrons. The van der Waals surface area contributed by atoms with Gasteiger partial charge in [0, 0.05) is 22.4 Å². The molecule has 2 aromatic rings. The lowest BCUT2D eigenvalue weighted by Gasteiger charge is -2.09. The highest BCUT2D eigenvalue weighted by Gasteiger charge is 2.16. The lowest BCUT2D eigenvalue weighted by Crippen LogP contribution is -2.08. The second-order valence-electron chi connectivity index (χ2n) is 4.38. The van der Waals surface area contributed by atoms with Gasteiger partial charge in [-0.05, 0) is 24.6 Å². The van der Waals surface area contributed by atoms with Crippen LogP contribution in [0, 0.1) is 11.6 Å². The largest absolute Gasteiger partial charge is 0.465 e. The maximum absolute atomic E-state index is 13.7. The molecule has 0 fully saturated rings. The van der Waals surface area contributed by atoms with Gasteiger partial charge >= 0.3 is 5.97 Å². The zero-order chi connectivity index (χ0) is 15.4. The van der Waals surface area contributed by atoms with Crippen LogP contribution in [-0.2, 0) is 17.7 Å². The van der Waals surface area contributed by atoms with Gasteiger partial charge in [0.2, 0.25) is 0 Å². The van der Waals surface area contributed by atoms with Crippen LogP contribution in [0.4, 0.5) is 14.5 Å². The fraction of sp³-hybridized carbons (Fsp3) is 0.267. The minimum absolute atomic E-state index is 0.0725. The molecule has 1 N–H and O–H groups in total. The van der Waals surface area contributed by atoms with Crippen LogP contribution in [-0.4, -0.2) is 13.1 Å². The van der Waals surface area contributed by atoms with Gasteiger partial charge in [-0.3, -0.25) is 0 Å². The van der Waals surface area contributed by atoms with Gasteiger partial charge < -0.3 is 10.1 Å². The Bertz CT molecular complexity index is 655. The lowest BCUT2D eigenvalue weighted by molar-refractivity contribution is 0.0595. The second-order valence-corrected chi connectivity index (χ2v) is 5.63. The second kappa shape index (κ2) is 6.67. The highest BCUT2D eigenvalue weighted by Crippen LogP contribution is 2.23. The number of thiophene rings is 1. The summed E-state index contributed by atoms with van der Waals surface area (Å²) in [6.07, 6.45) is 0.946. The Kier molecular flexibility index (Phi) is 4.90.